The molecule has 0 saturated heterocycles. The van der Waals surface area contributed by atoms with Crippen LogP contribution in [-0.4, -0.2) is 38.7 Å². The Hall–Kier alpha value is -3.99. The summed E-state index contributed by atoms with van der Waals surface area (Å²) in [5.41, 5.74) is 7.98. The molecule has 5 rings (SSSR count). The molecule has 0 radical (unpaired) electrons. The molecule has 1 fully saturated rings. The smallest absolute Gasteiger partial charge is 0.351 e. The number of fused-ring (bicyclic) bond motifs is 1. The van der Waals surface area contributed by atoms with Crippen LogP contribution in [-0.2, 0) is 30.9 Å². The second-order valence-electron chi connectivity index (χ2n) is 10.1. The lowest BCUT2D eigenvalue weighted by molar-refractivity contribution is -0.137. The third-order valence-corrected chi connectivity index (χ3v) is 7.17. The second-order valence-corrected chi connectivity index (χ2v) is 10.1. The first kappa shape index (κ1) is 30.0. The van der Waals surface area contributed by atoms with Crippen LogP contribution in [0.3, 0.4) is 0 Å². The second kappa shape index (κ2) is 13.1. The largest absolute Gasteiger partial charge is 0.416 e. The SMILES string of the molecule is CCc1cc(-c2cc(NC(=O)Cc3ccc(C(F)(F)F)cc3)nn2C)cc2cnc(NC3CCCCC3)nc12.CN. The molecule has 1 amide bonds. The van der Waals surface area contributed by atoms with Gasteiger partial charge in [0.1, 0.15) is 0 Å². The first-order valence-electron chi connectivity index (χ1n) is 13.8. The van der Waals surface area contributed by atoms with Gasteiger partial charge in [-0.2, -0.15) is 18.3 Å². The number of halogens is 3. The summed E-state index contributed by atoms with van der Waals surface area (Å²) in [7, 11) is 3.30. The van der Waals surface area contributed by atoms with E-state index < -0.39 is 11.7 Å². The molecule has 2 aromatic heterocycles. The molecule has 11 heteroatoms. The van der Waals surface area contributed by atoms with Gasteiger partial charge in [-0.25, -0.2) is 9.97 Å². The van der Waals surface area contributed by atoms with Gasteiger partial charge in [0.25, 0.3) is 0 Å². The van der Waals surface area contributed by atoms with Gasteiger partial charge in [0.2, 0.25) is 11.9 Å². The van der Waals surface area contributed by atoms with E-state index in [4.69, 9.17) is 4.98 Å². The van der Waals surface area contributed by atoms with Gasteiger partial charge in [-0.05, 0) is 61.7 Å². The van der Waals surface area contributed by atoms with Crippen molar-refractivity contribution in [2.75, 3.05) is 17.7 Å². The molecular weight excluding hydrogens is 531 g/mol. The first-order chi connectivity index (χ1) is 19.7. The van der Waals surface area contributed by atoms with Crippen LogP contribution in [0.1, 0.15) is 55.7 Å². The maximum Gasteiger partial charge on any atom is 0.416 e. The molecule has 0 atom stereocenters. The minimum atomic E-state index is -4.41. The molecule has 2 aromatic carbocycles. The number of alkyl halides is 3. The quantitative estimate of drug-likeness (QED) is 0.248. The van der Waals surface area contributed by atoms with Gasteiger partial charge in [-0.1, -0.05) is 38.3 Å². The molecular formula is C30H36F3N7O. The number of hydrogen-bond acceptors (Lipinski definition) is 6. The predicted molar refractivity (Wildman–Crippen MR) is 156 cm³/mol. The Morgan fingerprint density at radius 2 is 1.78 bits per heavy atom. The fourth-order valence-corrected chi connectivity index (χ4v) is 5.12. The Morgan fingerprint density at radius 3 is 2.44 bits per heavy atom. The average molecular weight is 568 g/mol. The fraction of sp³-hybridized carbons (Fsp3) is 0.400. The van der Waals surface area contributed by atoms with Crippen LogP contribution in [0.4, 0.5) is 24.9 Å². The normalized spacial score (nSPS) is 13.9. The van der Waals surface area contributed by atoms with Crippen LogP contribution in [0.5, 0.6) is 0 Å². The van der Waals surface area contributed by atoms with Crippen molar-refractivity contribution < 1.29 is 18.0 Å². The third-order valence-electron chi connectivity index (χ3n) is 7.17. The number of rotatable bonds is 7. The Labute approximate surface area is 237 Å². The zero-order valence-corrected chi connectivity index (χ0v) is 23.6. The van der Waals surface area contributed by atoms with E-state index in [1.807, 2.05) is 12.3 Å². The summed E-state index contributed by atoms with van der Waals surface area (Å²) >= 11 is 0. The highest BCUT2D eigenvalue weighted by molar-refractivity contribution is 5.92. The van der Waals surface area contributed by atoms with Crippen LogP contribution in [0.25, 0.3) is 22.2 Å². The van der Waals surface area contributed by atoms with Crippen molar-refractivity contribution in [3.8, 4) is 11.3 Å². The molecule has 1 aliphatic carbocycles. The number of carbonyl (C=O) groups is 1. The Bertz CT molecular complexity index is 1480. The van der Waals surface area contributed by atoms with Crippen molar-refractivity contribution in [2.24, 2.45) is 12.8 Å². The molecule has 0 bridgehead atoms. The van der Waals surface area contributed by atoms with Crippen LogP contribution in [0.2, 0.25) is 0 Å². The summed E-state index contributed by atoms with van der Waals surface area (Å²) in [6.45, 7) is 2.09. The van der Waals surface area contributed by atoms with E-state index in [2.05, 4.69) is 39.4 Å². The number of nitrogens with two attached hydrogens (primary N) is 1. The van der Waals surface area contributed by atoms with Gasteiger partial charge < -0.3 is 16.4 Å². The standard InChI is InChI=1S/C29H31F3N6O.CH5N/c1-3-19-14-20(15-21-17-33-28(36-27(19)21)34-23-7-5-4-6-8-23)24-16-25(37-38(24)2)35-26(39)13-18-9-11-22(12-10-18)29(30,31)32;1-2/h9-12,14-17,23H,3-8,13H2,1-2H3,(H,33,34,36)(H,35,37,39);2H2,1H3. The highest BCUT2D eigenvalue weighted by atomic mass is 19.4. The van der Waals surface area contributed by atoms with Gasteiger partial charge in [0, 0.05) is 36.3 Å². The van der Waals surface area contributed by atoms with Crippen LogP contribution < -0.4 is 16.4 Å². The molecule has 0 aliphatic heterocycles. The molecule has 4 N–H and O–H groups in total. The van der Waals surface area contributed by atoms with Gasteiger partial charge in [0.05, 0.1) is 23.2 Å². The third kappa shape index (κ3) is 7.40. The van der Waals surface area contributed by atoms with Crippen LogP contribution >= 0.6 is 0 Å². The maximum absolute atomic E-state index is 12.8. The van der Waals surface area contributed by atoms with Gasteiger partial charge in [0.15, 0.2) is 5.82 Å². The first-order valence-corrected chi connectivity index (χ1v) is 13.8. The zero-order valence-electron chi connectivity index (χ0n) is 23.6. The molecule has 1 aliphatic rings. The number of aromatic nitrogens is 4. The summed E-state index contributed by atoms with van der Waals surface area (Å²) < 4.78 is 40.1. The molecule has 2 heterocycles. The molecule has 4 aromatic rings. The minimum absolute atomic E-state index is 0.0609. The number of nitrogens with zero attached hydrogens (tertiary/aromatic N) is 4. The lowest BCUT2D eigenvalue weighted by Gasteiger charge is -2.22. The number of aryl methyl sites for hydroxylation is 2. The van der Waals surface area contributed by atoms with E-state index in [-0.39, 0.29) is 12.3 Å². The number of anilines is 2. The number of carbonyl (C=O) groups excluding carboxylic acids is 1. The summed E-state index contributed by atoms with van der Waals surface area (Å²) in [5.74, 6) is 0.667. The highest BCUT2D eigenvalue weighted by Gasteiger charge is 2.30. The zero-order chi connectivity index (χ0) is 29.6. The Kier molecular flexibility index (Phi) is 9.59. The minimum Gasteiger partial charge on any atom is -0.351 e. The van der Waals surface area contributed by atoms with Crippen molar-refractivity contribution in [1.29, 1.82) is 0 Å². The van der Waals surface area contributed by atoms with E-state index in [0.29, 0.717) is 23.4 Å². The number of hydrogen-bond donors (Lipinski definition) is 3. The van der Waals surface area contributed by atoms with E-state index in [1.54, 1.807) is 17.8 Å². The van der Waals surface area contributed by atoms with Gasteiger partial charge in [-0.3, -0.25) is 9.48 Å². The average Bonchev–Trinajstić information content (AvgIpc) is 3.33. The van der Waals surface area contributed by atoms with Crippen molar-refractivity contribution in [1.82, 2.24) is 19.7 Å². The number of nitrogens with one attached hydrogen (secondary N) is 2. The van der Waals surface area contributed by atoms with E-state index in [9.17, 15) is 18.0 Å². The topological polar surface area (TPSA) is 111 Å². The predicted octanol–water partition coefficient (Wildman–Crippen LogP) is 6.11. The van der Waals surface area contributed by atoms with Crippen LogP contribution in [0.15, 0.2) is 48.7 Å². The molecule has 0 spiro atoms. The van der Waals surface area contributed by atoms with Crippen molar-refractivity contribution >= 4 is 28.6 Å². The Morgan fingerprint density at radius 1 is 1.07 bits per heavy atom. The van der Waals surface area contributed by atoms with E-state index >= 15 is 0 Å². The van der Waals surface area contributed by atoms with Gasteiger partial charge >= 0.3 is 6.18 Å². The molecule has 41 heavy (non-hydrogen) atoms. The van der Waals surface area contributed by atoms with Crippen LogP contribution in [0, 0.1) is 0 Å². The summed E-state index contributed by atoms with van der Waals surface area (Å²) in [6, 6.07) is 10.9. The monoisotopic (exact) mass is 567 g/mol. The van der Waals surface area contributed by atoms with E-state index in [0.717, 1.165) is 59.1 Å². The van der Waals surface area contributed by atoms with Crippen molar-refractivity contribution in [3.63, 3.8) is 0 Å². The van der Waals surface area contributed by atoms with E-state index in [1.165, 1.54) is 38.4 Å². The van der Waals surface area contributed by atoms with Crippen molar-refractivity contribution in [3.05, 3.63) is 65.4 Å². The van der Waals surface area contributed by atoms with Gasteiger partial charge in [-0.15, -0.1) is 0 Å². The molecule has 8 nitrogen and oxygen atoms in total. The molecule has 218 valence electrons. The number of amides is 1. The highest BCUT2D eigenvalue weighted by Crippen LogP contribution is 2.31. The van der Waals surface area contributed by atoms with Crippen molar-refractivity contribution in [2.45, 2.75) is 64.1 Å². The lowest BCUT2D eigenvalue weighted by atomic mass is 9.96. The molecule has 0 unspecified atom stereocenters. The number of benzene rings is 2. The maximum atomic E-state index is 12.8. The summed E-state index contributed by atoms with van der Waals surface area (Å²) in [5, 5.41) is 11.6. The summed E-state index contributed by atoms with van der Waals surface area (Å²) in [4.78, 5) is 22.0. The molecule has 1 saturated carbocycles. The fourth-order valence-electron chi connectivity index (χ4n) is 5.12. The Balaban J connectivity index is 0.00000189. The lowest BCUT2D eigenvalue weighted by Crippen LogP contribution is -2.23. The summed E-state index contributed by atoms with van der Waals surface area (Å²) in [6.07, 6.45) is 4.21.